The van der Waals surface area contributed by atoms with Crippen molar-refractivity contribution in [3.05, 3.63) is 111 Å². The third-order valence-electron chi connectivity index (χ3n) is 5.01. The molecule has 0 aliphatic carbocycles. The summed E-state index contributed by atoms with van der Waals surface area (Å²) in [5, 5.41) is 8.14. The third-order valence-corrected chi connectivity index (χ3v) is 5.54. The van der Waals surface area contributed by atoms with Crippen LogP contribution in [0.25, 0.3) is 0 Å². The Bertz CT molecular complexity index is 1290. The van der Waals surface area contributed by atoms with Gasteiger partial charge in [0.15, 0.2) is 5.82 Å². The number of nitrogens with zero attached hydrogens (tertiary/aromatic N) is 2. The molecule has 1 heterocycles. The van der Waals surface area contributed by atoms with E-state index in [9.17, 15) is 9.18 Å². The molecule has 0 spiro atoms. The van der Waals surface area contributed by atoms with E-state index in [2.05, 4.69) is 10.4 Å². The molecule has 0 bridgehead atoms. The number of benzene rings is 3. The van der Waals surface area contributed by atoms with Crippen molar-refractivity contribution in [2.45, 2.75) is 20.1 Å². The SMILES string of the molecule is Cc1cc(NC(=O)c2ccc(COc3ccc(Cl)cc3Cl)cc2)nn1Cc1ccccc1F. The first-order chi connectivity index (χ1) is 15.9. The Morgan fingerprint density at radius 1 is 1.06 bits per heavy atom. The van der Waals surface area contributed by atoms with Crippen LogP contribution in [0.2, 0.25) is 10.0 Å². The number of halogens is 3. The first-order valence-electron chi connectivity index (χ1n) is 10.1. The van der Waals surface area contributed by atoms with Gasteiger partial charge in [0.05, 0.1) is 11.6 Å². The molecule has 1 aromatic heterocycles. The van der Waals surface area contributed by atoms with Gasteiger partial charge in [0.25, 0.3) is 5.91 Å². The minimum atomic E-state index is -0.293. The summed E-state index contributed by atoms with van der Waals surface area (Å²) in [6.07, 6.45) is 0. The van der Waals surface area contributed by atoms with Gasteiger partial charge in [-0.15, -0.1) is 0 Å². The average molecular weight is 484 g/mol. The van der Waals surface area contributed by atoms with Crippen molar-refractivity contribution in [2.24, 2.45) is 0 Å². The van der Waals surface area contributed by atoms with Gasteiger partial charge < -0.3 is 10.1 Å². The first kappa shape index (κ1) is 22.8. The van der Waals surface area contributed by atoms with E-state index in [-0.39, 0.29) is 18.3 Å². The maximum Gasteiger partial charge on any atom is 0.256 e. The van der Waals surface area contributed by atoms with Crippen LogP contribution in [0.1, 0.15) is 27.2 Å². The quantitative estimate of drug-likeness (QED) is 0.325. The van der Waals surface area contributed by atoms with E-state index in [1.807, 2.05) is 6.92 Å². The number of amides is 1. The zero-order valence-corrected chi connectivity index (χ0v) is 19.2. The minimum absolute atomic E-state index is 0.278. The van der Waals surface area contributed by atoms with E-state index in [0.29, 0.717) is 39.3 Å². The molecule has 0 fully saturated rings. The van der Waals surface area contributed by atoms with Gasteiger partial charge in [-0.1, -0.05) is 53.5 Å². The Labute approximate surface area is 200 Å². The molecule has 8 heteroatoms. The number of hydrogen-bond acceptors (Lipinski definition) is 3. The lowest BCUT2D eigenvalue weighted by molar-refractivity contribution is 0.102. The molecule has 168 valence electrons. The smallest absolute Gasteiger partial charge is 0.256 e. The summed E-state index contributed by atoms with van der Waals surface area (Å²) in [5.74, 6) is 0.349. The van der Waals surface area contributed by atoms with E-state index in [1.54, 1.807) is 71.4 Å². The number of carbonyl (C=O) groups excluding carboxylic acids is 1. The number of nitrogens with one attached hydrogen (secondary N) is 1. The molecule has 33 heavy (non-hydrogen) atoms. The van der Waals surface area contributed by atoms with Crippen LogP contribution in [0, 0.1) is 12.7 Å². The topological polar surface area (TPSA) is 56.1 Å². The standard InChI is InChI=1S/C25H20Cl2FN3O2/c1-16-12-24(30-31(16)14-19-4-2-3-5-22(19)28)29-25(32)18-8-6-17(7-9-18)15-33-23-11-10-20(26)13-21(23)27/h2-13H,14-15H2,1H3,(H,29,30,32). The van der Waals surface area contributed by atoms with Crippen LogP contribution in [0.5, 0.6) is 5.75 Å². The Hall–Kier alpha value is -3.35. The summed E-state index contributed by atoms with van der Waals surface area (Å²) < 4.78 is 21.3. The fourth-order valence-corrected chi connectivity index (χ4v) is 3.68. The number of aromatic nitrogens is 2. The van der Waals surface area contributed by atoms with Crippen molar-refractivity contribution in [1.82, 2.24) is 9.78 Å². The van der Waals surface area contributed by atoms with Crippen molar-refractivity contribution >= 4 is 34.9 Å². The highest BCUT2D eigenvalue weighted by molar-refractivity contribution is 6.35. The van der Waals surface area contributed by atoms with Gasteiger partial charge >= 0.3 is 0 Å². The summed E-state index contributed by atoms with van der Waals surface area (Å²) in [7, 11) is 0. The number of hydrogen-bond donors (Lipinski definition) is 1. The van der Waals surface area contributed by atoms with Crippen molar-refractivity contribution in [3.63, 3.8) is 0 Å². The van der Waals surface area contributed by atoms with Crippen LogP contribution < -0.4 is 10.1 Å². The Morgan fingerprint density at radius 2 is 1.82 bits per heavy atom. The maximum atomic E-state index is 13.9. The molecule has 0 saturated heterocycles. The van der Waals surface area contributed by atoms with Crippen LogP contribution in [-0.2, 0) is 13.2 Å². The van der Waals surface area contributed by atoms with E-state index in [4.69, 9.17) is 27.9 Å². The van der Waals surface area contributed by atoms with E-state index in [1.165, 1.54) is 6.07 Å². The molecule has 0 saturated carbocycles. The molecule has 1 amide bonds. The van der Waals surface area contributed by atoms with Crippen molar-refractivity contribution in [1.29, 1.82) is 0 Å². The van der Waals surface area contributed by atoms with E-state index < -0.39 is 0 Å². The molecule has 4 aromatic rings. The van der Waals surface area contributed by atoms with Gasteiger partial charge in [0.2, 0.25) is 0 Å². The second-order valence-electron chi connectivity index (χ2n) is 7.43. The van der Waals surface area contributed by atoms with Gasteiger partial charge in [-0.05, 0) is 48.9 Å². The van der Waals surface area contributed by atoms with E-state index in [0.717, 1.165) is 11.3 Å². The summed E-state index contributed by atoms with van der Waals surface area (Å²) in [4.78, 5) is 12.6. The molecule has 0 atom stereocenters. The fourth-order valence-electron chi connectivity index (χ4n) is 3.21. The van der Waals surface area contributed by atoms with E-state index >= 15 is 0 Å². The molecule has 0 aliphatic rings. The zero-order valence-electron chi connectivity index (χ0n) is 17.7. The van der Waals surface area contributed by atoms with Crippen molar-refractivity contribution in [3.8, 4) is 5.75 Å². The van der Waals surface area contributed by atoms with Gasteiger partial charge in [-0.3, -0.25) is 9.48 Å². The number of rotatable bonds is 7. The largest absolute Gasteiger partial charge is 0.487 e. The first-order valence-corrected chi connectivity index (χ1v) is 10.9. The molecule has 0 radical (unpaired) electrons. The maximum absolute atomic E-state index is 13.9. The number of carbonyl (C=O) groups is 1. The molecule has 4 rings (SSSR count). The van der Waals surface area contributed by atoms with Crippen LogP contribution in [0.3, 0.4) is 0 Å². The fraction of sp³-hybridized carbons (Fsp3) is 0.120. The van der Waals surface area contributed by atoms with Gasteiger partial charge in [-0.25, -0.2) is 4.39 Å². The van der Waals surface area contributed by atoms with Crippen LogP contribution in [0.15, 0.2) is 72.8 Å². The van der Waals surface area contributed by atoms with Crippen LogP contribution >= 0.6 is 23.2 Å². The second kappa shape index (κ2) is 10.1. The predicted octanol–water partition coefficient (Wildman–Crippen LogP) is 6.52. The molecule has 0 unspecified atom stereocenters. The van der Waals surface area contributed by atoms with Crippen LogP contribution in [-0.4, -0.2) is 15.7 Å². The lowest BCUT2D eigenvalue weighted by Crippen LogP contribution is -2.13. The summed E-state index contributed by atoms with van der Waals surface area (Å²) in [6, 6.07) is 20.3. The lowest BCUT2D eigenvalue weighted by atomic mass is 10.1. The highest BCUT2D eigenvalue weighted by atomic mass is 35.5. The lowest BCUT2D eigenvalue weighted by Gasteiger charge is -2.09. The number of anilines is 1. The molecule has 5 nitrogen and oxygen atoms in total. The highest BCUT2D eigenvalue weighted by Gasteiger charge is 2.12. The number of aryl methyl sites for hydroxylation is 1. The molecule has 1 N–H and O–H groups in total. The normalized spacial score (nSPS) is 10.8. The van der Waals surface area contributed by atoms with Crippen molar-refractivity contribution < 1.29 is 13.9 Å². The Morgan fingerprint density at radius 3 is 2.55 bits per heavy atom. The van der Waals surface area contributed by atoms with Gasteiger partial charge in [-0.2, -0.15) is 5.10 Å². The van der Waals surface area contributed by atoms with Gasteiger partial charge in [0.1, 0.15) is 18.2 Å². The Balaban J connectivity index is 1.37. The second-order valence-corrected chi connectivity index (χ2v) is 8.28. The molecule has 0 aliphatic heterocycles. The summed E-state index contributed by atoms with van der Waals surface area (Å²) in [6.45, 7) is 2.43. The summed E-state index contributed by atoms with van der Waals surface area (Å²) in [5.41, 5.74) is 2.69. The molecule has 3 aromatic carbocycles. The predicted molar refractivity (Wildman–Crippen MR) is 128 cm³/mol. The Kier molecular flexibility index (Phi) is 6.96. The summed E-state index contributed by atoms with van der Waals surface area (Å²) >= 11 is 12.0. The molecular weight excluding hydrogens is 464 g/mol. The highest BCUT2D eigenvalue weighted by Crippen LogP contribution is 2.28. The van der Waals surface area contributed by atoms with Crippen molar-refractivity contribution in [2.75, 3.05) is 5.32 Å². The van der Waals surface area contributed by atoms with Gasteiger partial charge in [0, 0.05) is 27.9 Å². The minimum Gasteiger partial charge on any atom is -0.487 e. The monoisotopic (exact) mass is 483 g/mol. The number of ether oxygens (including phenoxy) is 1. The molecular formula is C25H20Cl2FN3O2. The zero-order chi connectivity index (χ0) is 23.4. The average Bonchev–Trinajstić information content (AvgIpc) is 3.13. The third kappa shape index (κ3) is 5.72. The van der Waals surface area contributed by atoms with Crippen LogP contribution in [0.4, 0.5) is 10.2 Å².